The molecule has 3 nitrogen and oxygen atoms in total. The summed E-state index contributed by atoms with van der Waals surface area (Å²) >= 11 is 1.71. The molecule has 1 aromatic rings. The highest BCUT2D eigenvalue weighted by molar-refractivity contribution is 7.07. The van der Waals surface area contributed by atoms with Crippen molar-refractivity contribution in [2.75, 3.05) is 0 Å². The third kappa shape index (κ3) is 5.10. The van der Waals surface area contributed by atoms with E-state index in [2.05, 4.69) is 0 Å². The Morgan fingerprint density at radius 3 is 1.88 bits per heavy atom. The molecule has 0 fully saturated rings. The highest BCUT2D eigenvalue weighted by atomic mass is 32.1. The average Bonchev–Trinajstić information content (AvgIpc) is 2.17. The van der Waals surface area contributed by atoms with Crippen LogP contribution in [0.2, 0.25) is 0 Å². The maximum absolute atomic E-state index is 8.11. The topological polar surface area (TPSA) is 49.7 Å². The highest BCUT2D eigenvalue weighted by Crippen LogP contribution is 1.91. The van der Waals surface area contributed by atoms with Crippen LogP contribution >= 0.6 is 11.3 Å². The molecule has 1 N–H and O–H groups in total. The van der Waals surface area contributed by atoms with Crippen LogP contribution in [-0.4, -0.2) is 5.21 Å². The summed E-state index contributed by atoms with van der Waals surface area (Å²) in [6, 6.07) is 4.04. The molecule has 0 bridgehead atoms. The first-order valence-corrected chi connectivity index (χ1v) is 2.80. The summed E-state index contributed by atoms with van der Waals surface area (Å²) in [5.41, 5.74) is 0. The SMILES string of the molecule is O=NO.c1ccsc1. The van der Waals surface area contributed by atoms with E-state index >= 15 is 0 Å². The van der Waals surface area contributed by atoms with E-state index in [1.165, 1.54) is 5.34 Å². The largest absolute Gasteiger partial charge is 0.379 e. The molecule has 0 spiro atoms. The smallest absolute Gasteiger partial charge is 0.152 e. The van der Waals surface area contributed by atoms with Gasteiger partial charge in [0.15, 0.2) is 5.34 Å². The predicted octanol–water partition coefficient (Wildman–Crippen LogP) is 1.89. The van der Waals surface area contributed by atoms with E-state index in [0.717, 1.165) is 0 Å². The van der Waals surface area contributed by atoms with Crippen LogP contribution in [0.15, 0.2) is 28.2 Å². The summed E-state index contributed by atoms with van der Waals surface area (Å²) in [7, 11) is 0. The molecule has 0 aliphatic carbocycles. The van der Waals surface area contributed by atoms with E-state index in [9.17, 15) is 0 Å². The highest BCUT2D eigenvalue weighted by Gasteiger charge is 1.58. The summed E-state index contributed by atoms with van der Waals surface area (Å²) in [4.78, 5) is 8.11. The zero-order chi connectivity index (χ0) is 6.24. The molecule has 44 valence electrons. The summed E-state index contributed by atoms with van der Waals surface area (Å²) in [6.45, 7) is 0. The minimum Gasteiger partial charge on any atom is -0.379 e. The van der Waals surface area contributed by atoms with Crippen molar-refractivity contribution in [2.45, 2.75) is 0 Å². The zero-order valence-electron chi connectivity index (χ0n) is 4.02. The van der Waals surface area contributed by atoms with E-state index < -0.39 is 0 Å². The van der Waals surface area contributed by atoms with Crippen molar-refractivity contribution in [3.63, 3.8) is 0 Å². The van der Waals surface area contributed by atoms with E-state index in [1.807, 2.05) is 22.9 Å². The van der Waals surface area contributed by atoms with Gasteiger partial charge in [-0.05, 0) is 10.8 Å². The van der Waals surface area contributed by atoms with Crippen molar-refractivity contribution in [2.24, 2.45) is 5.34 Å². The van der Waals surface area contributed by atoms with E-state index in [-0.39, 0.29) is 0 Å². The number of hydrogen-bond donors (Lipinski definition) is 1. The summed E-state index contributed by atoms with van der Waals surface area (Å²) in [5.74, 6) is 0. The lowest BCUT2D eigenvalue weighted by Gasteiger charge is -1.39. The van der Waals surface area contributed by atoms with Gasteiger partial charge in [-0.3, -0.25) is 0 Å². The van der Waals surface area contributed by atoms with Crippen molar-refractivity contribution in [1.82, 2.24) is 0 Å². The standard InChI is InChI=1S/C4H4S.HNO2/c1-2-4-5-3-1;2-1-3/h1-4H;(H,2,3). The van der Waals surface area contributed by atoms with E-state index in [4.69, 9.17) is 10.1 Å². The molecule has 1 rings (SSSR count). The molecule has 0 amide bonds. The number of nitrogens with zero attached hydrogens (tertiary/aromatic N) is 1. The monoisotopic (exact) mass is 131 g/mol. The molecule has 0 atom stereocenters. The molecule has 0 aliphatic rings. The number of thiophene rings is 1. The van der Waals surface area contributed by atoms with Gasteiger partial charge in [-0.25, -0.2) is 0 Å². The first-order chi connectivity index (χ1) is 3.91. The lowest BCUT2D eigenvalue weighted by atomic mass is 10.7. The molecular weight excluding hydrogens is 126 g/mol. The third-order valence-electron chi connectivity index (χ3n) is 0.425. The Morgan fingerprint density at radius 1 is 1.38 bits per heavy atom. The van der Waals surface area contributed by atoms with Gasteiger partial charge in [0.05, 0.1) is 0 Å². The van der Waals surface area contributed by atoms with Gasteiger partial charge >= 0.3 is 0 Å². The molecule has 1 heterocycles. The van der Waals surface area contributed by atoms with Gasteiger partial charge in [-0.2, -0.15) is 11.3 Å². The quantitative estimate of drug-likeness (QED) is 0.431. The minimum absolute atomic E-state index is 1.25. The molecule has 0 aromatic carbocycles. The van der Waals surface area contributed by atoms with Gasteiger partial charge in [-0.1, -0.05) is 12.1 Å². The van der Waals surface area contributed by atoms with Gasteiger partial charge in [0.25, 0.3) is 0 Å². The summed E-state index contributed by atoms with van der Waals surface area (Å²) in [5, 5.41) is 12.0. The van der Waals surface area contributed by atoms with Crippen LogP contribution in [0.5, 0.6) is 0 Å². The summed E-state index contributed by atoms with van der Waals surface area (Å²) < 4.78 is 0. The first kappa shape index (κ1) is 7.10. The maximum atomic E-state index is 8.11. The Kier molecular flexibility index (Phi) is 5.41. The molecule has 4 heteroatoms. The van der Waals surface area contributed by atoms with E-state index in [1.54, 1.807) is 11.3 Å². The average molecular weight is 131 g/mol. The maximum Gasteiger partial charge on any atom is 0.152 e. The predicted molar refractivity (Wildman–Crippen MR) is 31.9 cm³/mol. The fourth-order valence-corrected chi connectivity index (χ4v) is 0.680. The van der Waals surface area contributed by atoms with Gasteiger partial charge in [0, 0.05) is 0 Å². The van der Waals surface area contributed by atoms with Crippen LogP contribution in [0, 0.1) is 4.91 Å². The molecule has 0 saturated heterocycles. The Balaban J connectivity index is 0.000000145. The molecular formula is C4H5NO2S. The van der Waals surface area contributed by atoms with Crippen molar-refractivity contribution in [3.05, 3.63) is 27.8 Å². The molecule has 0 radical (unpaired) electrons. The van der Waals surface area contributed by atoms with Crippen molar-refractivity contribution < 1.29 is 5.21 Å². The van der Waals surface area contributed by atoms with Crippen molar-refractivity contribution >= 4 is 11.3 Å². The van der Waals surface area contributed by atoms with Crippen LogP contribution < -0.4 is 0 Å². The second kappa shape index (κ2) is 6.10. The second-order valence-corrected chi connectivity index (χ2v) is 1.69. The Morgan fingerprint density at radius 2 is 1.75 bits per heavy atom. The van der Waals surface area contributed by atoms with Crippen molar-refractivity contribution in [3.8, 4) is 0 Å². The fraction of sp³-hybridized carbons (Fsp3) is 0. The Labute approximate surface area is 50.5 Å². The van der Waals surface area contributed by atoms with Crippen LogP contribution in [0.1, 0.15) is 0 Å². The molecule has 1 aromatic heterocycles. The molecule has 0 saturated carbocycles. The van der Waals surface area contributed by atoms with Crippen LogP contribution in [0.4, 0.5) is 0 Å². The zero-order valence-corrected chi connectivity index (χ0v) is 4.84. The first-order valence-electron chi connectivity index (χ1n) is 1.85. The molecule has 0 unspecified atom stereocenters. The van der Waals surface area contributed by atoms with Gasteiger partial charge < -0.3 is 5.21 Å². The minimum atomic E-state index is 1.25. The third-order valence-corrected chi connectivity index (χ3v) is 1.05. The van der Waals surface area contributed by atoms with Crippen LogP contribution in [0.3, 0.4) is 0 Å². The number of hydrogen-bond acceptors (Lipinski definition) is 3. The lowest BCUT2D eigenvalue weighted by Crippen LogP contribution is -1.25. The van der Waals surface area contributed by atoms with Crippen LogP contribution in [0.25, 0.3) is 0 Å². The molecule has 8 heavy (non-hydrogen) atoms. The molecule has 0 aliphatic heterocycles. The normalized spacial score (nSPS) is 6.50. The second-order valence-electron chi connectivity index (χ2n) is 0.875. The van der Waals surface area contributed by atoms with Gasteiger partial charge in [0.2, 0.25) is 0 Å². The fourth-order valence-electron chi connectivity index (χ4n) is 0.227. The Bertz CT molecular complexity index is 100. The van der Waals surface area contributed by atoms with Crippen LogP contribution in [-0.2, 0) is 0 Å². The van der Waals surface area contributed by atoms with Gasteiger partial charge in [0.1, 0.15) is 0 Å². The lowest BCUT2D eigenvalue weighted by molar-refractivity contribution is 0.312. The Hall–Kier alpha value is -0.900. The van der Waals surface area contributed by atoms with E-state index in [0.29, 0.717) is 0 Å². The van der Waals surface area contributed by atoms with Gasteiger partial charge in [-0.15, -0.1) is 4.91 Å². The number of rotatable bonds is 0. The summed E-state index contributed by atoms with van der Waals surface area (Å²) in [6.07, 6.45) is 0. The van der Waals surface area contributed by atoms with Crippen molar-refractivity contribution in [1.29, 1.82) is 0 Å².